The van der Waals surface area contributed by atoms with Gasteiger partial charge in [-0.05, 0) is 32.6 Å². The largest absolute Gasteiger partial charge is 0.365 e. The summed E-state index contributed by atoms with van der Waals surface area (Å²) in [5.74, 6) is 6.59. The first-order chi connectivity index (χ1) is 8.42. The molecule has 7 nitrogen and oxygen atoms in total. The maximum absolute atomic E-state index is 10.8. The number of hydrogen-bond acceptors (Lipinski definition) is 6. The van der Waals surface area contributed by atoms with Gasteiger partial charge < -0.3 is 10.7 Å². The van der Waals surface area contributed by atoms with E-state index in [1.807, 2.05) is 0 Å². The Kier molecular flexibility index (Phi) is 3.08. The van der Waals surface area contributed by atoms with Crippen LogP contribution in [0.15, 0.2) is 12.1 Å². The summed E-state index contributed by atoms with van der Waals surface area (Å²) in [5.41, 5.74) is 2.19. The number of anilines is 2. The minimum atomic E-state index is -0.460. The monoisotopic (exact) mass is 251 g/mol. The minimum Gasteiger partial charge on any atom is -0.365 e. The van der Waals surface area contributed by atoms with E-state index in [4.69, 9.17) is 5.84 Å². The van der Waals surface area contributed by atoms with E-state index in [0.29, 0.717) is 11.7 Å². The minimum absolute atomic E-state index is 0.0351. The van der Waals surface area contributed by atoms with Gasteiger partial charge in [-0.25, -0.2) is 10.8 Å². The molecule has 0 spiro atoms. The first kappa shape index (κ1) is 12.6. The summed E-state index contributed by atoms with van der Waals surface area (Å²) in [6.07, 6.45) is 2.36. The summed E-state index contributed by atoms with van der Waals surface area (Å²) < 4.78 is 0. The summed E-state index contributed by atoms with van der Waals surface area (Å²) >= 11 is 0. The molecular weight excluding hydrogens is 234 g/mol. The van der Waals surface area contributed by atoms with Crippen LogP contribution in [0.4, 0.5) is 17.3 Å². The normalized spacial score (nSPS) is 15.3. The lowest BCUT2D eigenvalue weighted by Crippen LogP contribution is -2.33. The first-order valence-corrected chi connectivity index (χ1v) is 5.83. The molecule has 0 aromatic carbocycles. The fourth-order valence-electron chi connectivity index (χ4n) is 2.00. The molecule has 4 N–H and O–H groups in total. The van der Waals surface area contributed by atoms with Crippen LogP contribution in [-0.4, -0.2) is 15.4 Å². The molecule has 0 radical (unpaired) electrons. The van der Waals surface area contributed by atoms with Crippen LogP contribution in [-0.2, 0) is 0 Å². The molecule has 0 amide bonds. The molecule has 0 bridgehead atoms. The van der Waals surface area contributed by atoms with Crippen LogP contribution in [0.1, 0.15) is 26.7 Å². The van der Waals surface area contributed by atoms with E-state index >= 15 is 0 Å². The second kappa shape index (κ2) is 4.41. The van der Waals surface area contributed by atoms with Gasteiger partial charge in [-0.2, -0.15) is 0 Å². The Balaban J connectivity index is 2.26. The van der Waals surface area contributed by atoms with Crippen molar-refractivity contribution in [2.45, 2.75) is 32.2 Å². The van der Waals surface area contributed by atoms with Crippen molar-refractivity contribution >= 4 is 17.3 Å². The molecule has 18 heavy (non-hydrogen) atoms. The fourth-order valence-corrected chi connectivity index (χ4v) is 2.00. The lowest BCUT2D eigenvalue weighted by Gasteiger charge is -2.26. The smallest absolute Gasteiger partial charge is 0.276 e. The van der Waals surface area contributed by atoms with E-state index in [2.05, 4.69) is 29.6 Å². The lowest BCUT2D eigenvalue weighted by molar-refractivity contribution is -0.384. The number of hydrazine groups is 1. The van der Waals surface area contributed by atoms with Gasteiger partial charge in [0.1, 0.15) is 11.6 Å². The number of hydrogen-bond donors (Lipinski definition) is 3. The number of nitrogens with one attached hydrogen (secondary N) is 2. The summed E-state index contributed by atoms with van der Waals surface area (Å²) in [5, 5.41) is 14.1. The van der Waals surface area contributed by atoms with Gasteiger partial charge in [0.05, 0.1) is 17.1 Å². The maximum Gasteiger partial charge on any atom is 0.276 e. The predicted molar refractivity (Wildman–Crippen MR) is 69.1 cm³/mol. The Bertz CT molecular complexity index is 471. The number of aromatic nitrogens is 1. The summed E-state index contributed by atoms with van der Waals surface area (Å²) in [7, 11) is 0. The van der Waals surface area contributed by atoms with Crippen molar-refractivity contribution in [2.24, 2.45) is 11.8 Å². The van der Waals surface area contributed by atoms with Gasteiger partial charge in [0.15, 0.2) is 0 Å². The maximum atomic E-state index is 10.8. The molecule has 1 aromatic heterocycles. The highest BCUT2D eigenvalue weighted by atomic mass is 16.6. The highest BCUT2D eigenvalue weighted by Gasteiger charge is 2.38. The zero-order valence-corrected chi connectivity index (χ0v) is 10.4. The number of rotatable bonds is 5. The van der Waals surface area contributed by atoms with Crippen LogP contribution < -0.4 is 16.6 Å². The average Bonchev–Trinajstić information content (AvgIpc) is 3.11. The SMILES string of the molecule is CC(C)(Nc1cc([N+](=O)[O-])cc(NN)n1)C1CC1. The van der Waals surface area contributed by atoms with Crippen LogP contribution in [0.3, 0.4) is 0 Å². The quantitative estimate of drug-likeness (QED) is 0.419. The Labute approximate surface area is 105 Å². The van der Waals surface area contributed by atoms with Crippen molar-refractivity contribution in [3.8, 4) is 0 Å². The summed E-state index contributed by atoms with van der Waals surface area (Å²) in [6, 6.07) is 2.72. The molecule has 0 atom stereocenters. The molecule has 0 unspecified atom stereocenters. The molecule has 1 saturated carbocycles. The van der Waals surface area contributed by atoms with E-state index in [1.165, 1.54) is 25.0 Å². The first-order valence-electron chi connectivity index (χ1n) is 5.83. The van der Waals surface area contributed by atoms with Crippen molar-refractivity contribution in [1.29, 1.82) is 0 Å². The van der Waals surface area contributed by atoms with E-state index in [9.17, 15) is 10.1 Å². The zero-order valence-electron chi connectivity index (χ0n) is 10.4. The Morgan fingerprint density at radius 3 is 2.56 bits per heavy atom. The third-order valence-electron chi connectivity index (χ3n) is 3.22. The molecule has 98 valence electrons. The van der Waals surface area contributed by atoms with Gasteiger partial charge in [-0.1, -0.05) is 0 Å². The van der Waals surface area contributed by atoms with Crippen LogP contribution in [0.25, 0.3) is 0 Å². The molecule has 1 aromatic rings. The molecule has 7 heteroatoms. The standard InChI is InChI=1S/C11H17N5O2/c1-11(2,7-3-4-7)14-9-5-8(16(17)18)6-10(13-9)15-12/h5-7H,3-4,12H2,1-2H3,(H2,13,14,15). The number of nitrogens with two attached hydrogens (primary N) is 1. The van der Waals surface area contributed by atoms with Crippen LogP contribution in [0.5, 0.6) is 0 Å². The van der Waals surface area contributed by atoms with Gasteiger partial charge >= 0.3 is 0 Å². The molecule has 1 fully saturated rings. The summed E-state index contributed by atoms with van der Waals surface area (Å²) in [6.45, 7) is 4.14. The number of pyridine rings is 1. The van der Waals surface area contributed by atoms with Crippen molar-refractivity contribution in [3.63, 3.8) is 0 Å². The lowest BCUT2D eigenvalue weighted by atomic mass is 9.99. The molecule has 1 aliphatic rings. The zero-order chi connectivity index (χ0) is 13.3. The van der Waals surface area contributed by atoms with Crippen molar-refractivity contribution in [3.05, 3.63) is 22.2 Å². The van der Waals surface area contributed by atoms with Gasteiger partial charge in [-0.15, -0.1) is 0 Å². The predicted octanol–water partition coefficient (Wildman–Crippen LogP) is 1.88. The van der Waals surface area contributed by atoms with Crippen molar-refractivity contribution in [2.75, 3.05) is 10.7 Å². The Hall–Kier alpha value is -1.89. The van der Waals surface area contributed by atoms with Crippen LogP contribution >= 0.6 is 0 Å². The van der Waals surface area contributed by atoms with Gasteiger partial charge in [0, 0.05) is 5.54 Å². The van der Waals surface area contributed by atoms with Crippen molar-refractivity contribution in [1.82, 2.24) is 4.98 Å². The third kappa shape index (κ3) is 2.67. The van der Waals surface area contributed by atoms with Gasteiger partial charge in [0.25, 0.3) is 5.69 Å². The van der Waals surface area contributed by atoms with E-state index in [1.54, 1.807) is 0 Å². The Morgan fingerprint density at radius 2 is 2.06 bits per heavy atom. The number of nitro groups is 1. The molecule has 1 aliphatic carbocycles. The Morgan fingerprint density at radius 1 is 1.44 bits per heavy atom. The highest BCUT2D eigenvalue weighted by molar-refractivity contribution is 5.55. The molecule has 0 aliphatic heterocycles. The van der Waals surface area contributed by atoms with Gasteiger partial charge in [-0.3, -0.25) is 10.1 Å². The second-order valence-corrected chi connectivity index (χ2v) is 5.12. The number of nitrogen functional groups attached to an aromatic ring is 1. The molecule has 0 saturated heterocycles. The average molecular weight is 251 g/mol. The second-order valence-electron chi connectivity index (χ2n) is 5.12. The van der Waals surface area contributed by atoms with Crippen molar-refractivity contribution < 1.29 is 4.92 Å². The highest BCUT2D eigenvalue weighted by Crippen LogP contribution is 2.41. The summed E-state index contributed by atoms with van der Waals surface area (Å²) in [4.78, 5) is 14.5. The van der Waals surface area contributed by atoms with Crippen LogP contribution in [0.2, 0.25) is 0 Å². The number of nitrogens with zero attached hydrogens (tertiary/aromatic N) is 2. The fraction of sp³-hybridized carbons (Fsp3) is 0.545. The van der Waals surface area contributed by atoms with Crippen LogP contribution in [0, 0.1) is 16.0 Å². The molecule has 2 rings (SSSR count). The van der Waals surface area contributed by atoms with E-state index in [0.717, 1.165) is 0 Å². The van der Waals surface area contributed by atoms with E-state index < -0.39 is 4.92 Å². The third-order valence-corrected chi connectivity index (χ3v) is 3.22. The topological polar surface area (TPSA) is 106 Å². The van der Waals surface area contributed by atoms with E-state index in [-0.39, 0.29) is 17.0 Å². The van der Waals surface area contributed by atoms with Gasteiger partial charge in [0.2, 0.25) is 0 Å². The molecular formula is C11H17N5O2. The molecule has 1 heterocycles.